The van der Waals surface area contributed by atoms with Gasteiger partial charge in [-0.3, -0.25) is 9.10 Å². The molecular weight excluding hydrogens is 464 g/mol. The van der Waals surface area contributed by atoms with Gasteiger partial charge in [0.2, 0.25) is 0 Å². The van der Waals surface area contributed by atoms with E-state index in [0.29, 0.717) is 11.4 Å². The van der Waals surface area contributed by atoms with Crippen molar-refractivity contribution in [2.24, 2.45) is 5.10 Å². The third-order valence-corrected chi connectivity index (χ3v) is 7.17. The molecule has 0 fully saturated rings. The zero-order valence-corrected chi connectivity index (χ0v) is 20.9. The van der Waals surface area contributed by atoms with Gasteiger partial charge in [-0.1, -0.05) is 36.4 Å². The molecule has 0 bridgehead atoms. The molecule has 0 aromatic heterocycles. The third kappa shape index (κ3) is 6.60. The molecule has 0 aliphatic heterocycles. The Morgan fingerprint density at radius 2 is 1.63 bits per heavy atom. The maximum atomic E-state index is 13.4. The first-order valence-corrected chi connectivity index (χ1v) is 12.7. The molecule has 0 aliphatic carbocycles. The van der Waals surface area contributed by atoms with Crippen LogP contribution in [0.3, 0.4) is 0 Å². The van der Waals surface area contributed by atoms with Gasteiger partial charge in [0.25, 0.3) is 15.9 Å². The molecule has 3 aromatic carbocycles. The zero-order chi connectivity index (χ0) is 25.3. The number of carbonyl (C=O) groups is 1. The van der Waals surface area contributed by atoms with Crippen molar-refractivity contribution < 1.29 is 17.9 Å². The molecule has 8 nitrogen and oxygen atoms in total. The largest absolute Gasteiger partial charge is 0.497 e. The van der Waals surface area contributed by atoms with Gasteiger partial charge in [0.15, 0.2) is 0 Å². The van der Waals surface area contributed by atoms with Gasteiger partial charge in [-0.05, 0) is 55.8 Å². The van der Waals surface area contributed by atoms with Crippen molar-refractivity contribution in [2.45, 2.75) is 18.7 Å². The molecule has 0 spiro atoms. The van der Waals surface area contributed by atoms with E-state index in [1.165, 1.54) is 25.5 Å². The predicted molar refractivity (Wildman–Crippen MR) is 140 cm³/mol. The van der Waals surface area contributed by atoms with Crippen molar-refractivity contribution in [2.75, 3.05) is 35.9 Å². The molecule has 0 heterocycles. The van der Waals surface area contributed by atoms with E-state index in [9.17, 15) is 13.2 Å². The number of nitrogens with zero attached hydrogens (tertiary/aromatic N) is 3. The number of hydrazone groups is 1. The lowest BCUT2D eigenvalue weighted by atomic mass is 10.2. The quantitative estimate of drug-likeness (QED) is 0.323. The highest BCUT2D eigenvalue weighted by Crippen LogP contribution is 2.26. The van der Waals surface area contributed by atoms with Crippen LogP contribution in [0.1, 0.15) is 19.4 Å². The average Bonchev–Trinajstić information content (AvgIpc) is 2.89. The first kappa shape index (κ1) is 25.8. The van der Waals surface area contributed by atoms with Crippen LogP contribution in [0.25, 0.3) is 0 Å². The lowest BCUT2D eigenvalue weighted by Crippen LogP contribution is -2.39. The van der Waals surface area contributed by atoms with Crippen molar-refractivity contribution in [3.05, 3.63) is 84.4 Å². The summed E-state index contributed by atoms with van der Waals surface area (Å²) in [7, 11) is -2.52. The van der Waals surface area contributed by atoms with Crippen LogP contribution in [0, 0.1) is 0 Å². The number of anilines is 2. The highest BCUT2D eigenvalue weighted by Gasteiger charge is 2.27. The summed E-state index contributed by atoms with van der Waals surface area (Å²) in [6.45, 7) is 5.57. The van der Waals surface area contributed by atoms with E-state index in [1.807, 2.05) is 24.3 Å². The van der Waals surface area contributed by atoms with Crippen LogP contribution >= 0.6 is 0 Å². The van der Waals surface area contributed by atoms with Crippen molar-refractivity contribution in [3.8, 4) is 5.75 Å². The Morgan fingerprint density at radius 3 is 2.26 bits per heavy atom. The van der Waals surface area contributed by atoms with Crippen LogP contribution in [-0.4, -0.2) is 47.3 Å². The summed E-state index contributed by atoms with van der Waals surface area (Å²) in [5.74, 6) is -0.106. The smallest absolute Gasteiger partial charge is 0.264 e. The molecule has 3 rings (SSSR count). The molecule has 35 heavy (non-hydrogen) atoms. The summed E-state index contributed by atoms with van der Waals surface area (Å²) in [5.41, 5.74) is 4.65. The summed E-state index contributed by atoms with van der Waals surface area (Å²) in [5, 5.41) is 4.01. The average molecular weight is 495 g/mol. The second kappa shape index (κ2) is 12.0. The van der Waals surface area contributed by atoms with Gasteiger partial charge in [0.1, 0.15) is 12.3 Å². The number of benzene rings is 3. The second-order valence-corrected chi connectivity index (χ2v) is 9.45. The summed E-state index contributed by atoms with van der Waals surface area (Å²) in [4.78, 5) is 15.0. The van der Waals surface area contributed by atoms with E-state index in [1.54, 1.807) is 42.5 Å². The normalized spacial score (nSPS) is 11.3. The van der Waals surface area contributed by atoms with Gasteiger partial charge < -0.3 is 9.64 Å². The number of methoxy groups -OCH3 is 1. The van der Waals surface area contributed by atoms with Gasteiger partial charge in [-0.25, -0.2) is 13.8 Å². The molecule has 1 amide bonds. The number of rotatable bonds is 11. The fraction of sp³-hybridized carbons (Fsp3) is 0.231. The van der Waals surface area contributed by atoms with Gasteiger partial charge in [0, 0.05) is 24.8 Å². The van der Waals surface area contributed by atoms with E-state index in [2.05, 4.69) is 29.3 Å². The standard InChI is InChI=1S/C26H30N4O4S/c1-4-29(5-2)22-16-14-21(15-17-22)19-27-28-26(31)20-30(23-10-9-11-24(18-23)34-3)35(32,33)25-12-7-6-8-13-25/h6-19H,4-5,20H2,1-3H3,(H,28,31)/b27-19-. The molecule has 0 unspecified atom stereocenters. The molecule has 9 heteroatoms. The summed E-state index contributed by atoms with van der Waals surface area (Å²) < 4.78 is 33.0. The first-order chi connectivity index (χ1) is 16.9. The maximum Gasteiger partial charge on any atom is 0.264 e. The topological polar surface area (TPSA) is 91.3 Å². The summed E-state index contributed by atoms with van der Waals surface area (Å²) in [6.07, 6.45) is 1.52. The fourth-order valence-electron chi connectivity index (χ4n) is 3.50. The van der Waals surface area contributed by atoms with Crippen LogP contribution in [0.4, 0.5) is 11.4 Å². The van der Waals surface area contributed by atoms with Crippen molar-refractivity contribution >= 4 is 33.5 Å². The number of hydrogen-bond acceptors (Lipinski definition) is 6. The van der Waals surface area contributed by atoms with Gasteiger partial charge in [-0.2, -0.15) is 5.10 Å². The summed E-state index contributed by atoms with van der Waals surface area (Å²) >= 11 is 0. The lowest BCUT2D eigenvalue weighted by Gasteiger charge is -2.24. The Balaban J connectivity index is 1.77. The highest BCUT2D eigenvalue weighted by molar-refractivity contribution is 7.92. The lowest BCUT2D eigenvalue weighted by molar-refractivity contribution is -0.119. The van der Waals surface area contributed by atoms with E-state index in [4.69, 9.17) is 4.74 Å². The number of amides is 1. The predicted octanol–water partition coefficient (Wildman–Crippen LogP) is 3.89. The molecule has 0 radical (unpaired) electrons. The molecule has 0 saturated carbocycles. The molecule has 0 aliphatic rings. The zero-order valence-electron chi connectivity index (χ0n) is 20.1. The Labute approximate surface area is 206 Å². The minimum Gasteiger partial charge on any atom is -0.497 e. The Morgan fingerprint density at radius 1 is 0.943 bits per heavy atom. The molecular formula is C26H30N4O4S. The number of carbonyl (C=O) groups excluding carboxylic acids is 1. The Kier molecular flexibility index (Phi) is 8.86. The van der Waals surface area contributed by atoms with Crippen molar-refractivity contribution in [3.63, 3.8) is 0 Å². The number of hydrogen-bond donors (Lipinski definition) is 1. The van der Waals surface area contributed by atoms with Gasteiger partial charge >= 0.3 is 0 Å². The van der Waals surface area contributed by atoms with E-state index in [-0.39, 0.29) is 4.90 Å². The van der Waals surface area contributed by atoms with Crippen LogP contribution < -0.4 is 19.4 Å². The minimum absolute atomic E-state index is 0.0763. The molecule has 1 N–H and O–H groups in total. The maximum absolute atomic E-state index is 13.4. The molecule has 0 atom stereocenters. The van der Waals surface area contributed by atoms with Crippen LogP contribution in [0.15, 0.2) is 88.9 Å². The molecule has 184 valence electrons. The molecule has 3 aromatic rings. The Hall–Kier alpha value is -3.85. The third-order valence-electron chi connectivity index (χ3n) is 5.38. The van der Waals surface area contributed by atoms with E-state index in [0.717, 1.165) is 28.6 Å². The van der Waals surface area contributed by atoms with Crippen molar-refractivity contribution in [1.82, 2.24) is 5.43 Å². The number of nitrogens with one attached hydrogen (secondary N) is 1. The van der Waals surface area contributed by atoms with Gasteiger partial charge in [-0.15, -0.1) is 0 Å². The minimum atomic E-state index is -4.01. The van der Waals surface area contributed by atoms with Crippen LogP contribution in [0.5, 0.6) is 5.75 Å². The fourth-order valence-corrected chi connectivity index (χ4v) is 4.94. The number of ether oxygens (including phenoxy) is 1. The highest BCUT2D eigenvalue weighted by atomic mass is 32.2. The summed E-state index contributed by atoms with van der Waals surface area (Å²) in [6, 6.07) is 22.3. The SMILES string of the molecule is CCN(CC)c1ccc(/C=N\NC(=O)CN(c2cccc(OC)c2)S(=O)(=O)c2ccccc2)cc1. The Bertz CT molecular complexity index is 1240. The second-order valence-electron chi connectivity index (χ2n) is 7.58. The van der Waals surface area contributed by atoms with Gasteiger partial charge in [0.05, 0.1) is 23.9 Å². The van der Waals surface area contributed by atoms with Crippen molar-refractivity contribution in [1.29, 1.82) is 0 Å². The van der Waals surface area contributed by atoms with Crippen LogP contribution in [-0.2, 0) is 14.8 Å². The first-order valence-electron chi connectivity index (χ1n) is 11.3. The monoisotopic (exact) mass is 494 g/mol. The van der Waals surface area contributed by atoms with E-state index < -0.39 is 22.5 Å². The molecule has 0 saturated heterocycles. The van der Waals surface area contributed by atoms with Crippen LogP contribution in [0.2, 0.25) is 0 Å². The van der Waals surface area contributed by atoms with E-state index >= 15 is 0 Å². The number of sulfonamides is 1.